The van der Waals surface area contributed by atoms with Crippen molar-refractivity contribution in [1.29, 1.82) is 0 Å². The molecule has 6 heteroatoms. The molecule has 2 N–H and O–H groups in total. The second-order valence-corrected chi connectivity index (χ2v) is 5.12. The highest BCUT2D eigenvalue weighted by Gasteiger charge is 2.10. The Morgan fingerprint density at radius 1 is 1.37 bits per heavy atom. The standard InChI is InChI=1S/C13H20N4OS/c1-3-17(6-7-18-4-2)9-11-15-12(14)10-5-8-19-13(10)16-11/h5,8H,3-4,6-7,9H2,1-2H3,(H2,14,15,16). The lowest BCUT2D eigenvalue weighted by Crippen LogP contribution is -2.28. The van der Waals surface area contributed by atoms with Crippen molar-refractivity contribution < 1.29 is 4.74 Å². The predicted octanol–water partition coefficient (Wildman–Crippen LogP) is 2.13. The van der Waals surface area contributed by atoms with Gasteiger partial charge >= 0.3 is 0 Å². The van der Waals surface area contributed by atoms with Gasteiger partial charge in [0.2, 0.25) is 0 Å². The fourth-order valence-electron chi connectivity index (χ4n) is 1.88. The summed E-state index contributed by atoms with van der Waals surface area (Å²) in [5.41, 5.74) is 5.95. The molecule has 0 aliphatic carbocycles. The zero-order valence-corrected chi connectivity index (χ0v) is 12.2. The van der Waals surface area contributed by atoms with Crippen LogP contribution in [0.3, 0.4) is 0 Å². The Morgan fingerprint density at radius 3 is 2.95 bits per heavy atom. The monoisotopic (exact) mass is 280 g/mol. The maximum atomic E-state index is 5.95. The lowest BCUT2D eigenvalue weighted by atomic mass is 10.3. The van der Waals surface area contributed by atoms with Crippen molar-refractivity contribution in [3.63, 3.8) is 0 Å². The number of aromatic nitrogens is 2. The minimum atomic E-state index is 0.571. The molecule has 0 bridgehead atoms. The number of thiophene rings is 1. The van der Waals surface area contributed by atoms with Crippen LogP contribution in [0.25, 0.3) is 10.2 Å². The summed E-state index contributed by atoms with van der Waals surface area (Å²) in [5, 5.41) is 2.94. The molecule has 0 radical (unpaired) electrons. The van der Waals surface area contributed by atoms with E-state index in [-0.39, 0.29) is 0 Å². The summed E-state index contributed by atoms with van der Waals surface area (Å²) >= 11 is 1.60. The SMILES string of the molecule is CCOCCN(CC)Cc1nc(N)c2ccsc2n1. The van der Waals surface area contributed by atoms with Gasteiger partial charge in [-0.2, -0.15) is 0 Å². The molecule has 2 heterocycles. The number of ether oxygens (including phenoxy) is 1. The number of likely N-dealkylation sites (N-methyl/N-ethyl adjacent to an activating group) is 1. The second-order valence-electron chi connectivity index (χ2n) is 4.23. The molecule has 0 fully saturated rings. The van der Waals surface area contributed by atoms with Gasteiger partial charge in [0.1, 0.15) is 16.5 Å². The first kappa shape index (κ1) is 14.2. The number of nitrogens with two attached hydrogens (primary N) is 1. The number of hydrogen-bond acceptors (Lipinski definition) is 6. The van der Waals surface area contributed by atoms with E-state index in [0.717, 1.165) is 42.3 Å². The van der Waals surface area contributed by atoms with Crippen LogP contribution in [0, 0.1) is 0 Å². The van der Waals surface area contributed by atoms with Gasteiger partial charge in [0.15, 0.2) is 0 Å². The number of rotatable bonds is 7. The summed E-state index contributed by atoms with van der Waals surface area (Å²) in [6, 6.07) is 1.96. The van der Waals surface area contributed by atoms with Crippen LogP contribution in [0.2, 0.25) is 0 Å². The molecular formula is C13H20N4OS. The van der Waals surface area contributed by atoms with Crippen LogP contribution >= 0.6 is 11.3 Å². The second kappa shape index (κ2) is 6.79. The van der Waals surface area contributed by atoms with E-state index in [1.165, 1.54) is 0 Å². The molecule has 0 unspecified atom stereocenters. The molecule has 104 valence electrons. The van der Waals surface area contributed by atoms with Gasteiger partial charge in [-0.05, 0) is 24.9 Å². The van der Waals surface area contributed by atoms with Gasteiger partial charge in [0.25, 0.3) is 0 Å². The molecule has 2 aromatic rings. The Bertz CT molecular complexity index is 528. The minimum absolute atomic E-state index is 0.571. The Hall–Kier alpha value is -1.24. The van der Waals surface area contributed by atoms with E-state index in [0.29, 0.717) is 12.4 Å². The van der Waals surface area contributed by atoms with Gasteiger partial charge < -0.3 is 10.5 Å². The lowest BCUT2D eigenvalue weighted by molar-refractivity contribution is 0.112. The first-order chi connectivity index (χ1) is 9.24. The molecule has 0 aliphatic rings. The zero-order chi connectivity index (χ0) is 13.7. The van der Waals surface area contributed by atoms with Gasteiger partial charge in [0, 0.05) is 13.2 Å². The van der Waals surface area contributed by atoms with Crippen LogP contribution in [-0.2, 0) is 11.3 Å². The third kappa shape index (κ3) is 3.62. The Balaban J connectivity index is 2.06. The Kier molecular flexibility index (Phi) is 5.07. The minimum Gasteiger partial charge on any atom is -0.383 e. The van der Waals surface area contributed by atoms with Crippen LogP contribution in [0.4, 0.5) is 5.82 Å². The highest BCUT2D eigenvalue weighted by molar-refractivity contribution is 7.16. The number of nitrogens with zero attached hydrogens (tertiary/aromatic N) is 3. The van der Waals surface area contributed by atoms with Gasteiger partial charge in [-0.25, -0.2) is 9.97 Å². The molecular weight excluding hydrogens is 260 g/mol. The average molecular weight is 280 g/mol. The van der Waals surface area contributed by atoms with E-state index in [2.05, 4.69) is 21.8 Å². The van der Waals surface area contributed by atoms with Crippen LogP contribution in [0.15, 0.2) is 11.4 Å². The van der Waals surface area contributed by atoms with Crippen LogP contribution in [0.1, 0.15) is 19.7 Å². The summed E-state index contributed by atoms with van der Waals surface area (Å²) in [6.07, 6.45) is 0. The van der Waals surface area contributed by atoms with Gasteiger partial charge in [-0.3, -0.25) is 4.90 Å². The first-order valence-electron chi connectivity index (χ1n) is 6.54. The molecule has 0 saturated carbocycles. The zero-order valence-electron chi connectivity index (χ0n) is 11.4. The number of hydrogen-bond donors (Lipinski definition) is 1. The highest BCUT2D eigenvalue weighted by atomic mass is 32.1. The molecule has 19 heavy (non-hydrogen) atoms. The molecule has 0 saturated heterocycles. The third-order valence-corrected chi connectivity index (χ3v) is 3.78. The molecule has 2 aromatic heterocycles. The van der Waals surface area contributed by atoms with Gasteiger partial charge in [-0.15, -0.1) is 11.3 Å². The predicted molar refractivity (Wildman–Crippen MR) is 79.3 cm³/mol. The van der Waals surface area contributed by atoms with Crippen LogP contribution in [0.5, 0.6) is 0 Å². The fourth-order valence-corrected chi connectivity index (χ4v) is 2.67. The molecule has 0 amide bonds. The van der Waals surface area contributed by atoms with Gasteiger partial charge in [0.05, 0.1) is 18.5 Å². The van der Waals surface area contributed by atoms with Crippen molar-refractivity contribution in [2.24, 2.45) is 0 Å². The fraction of sp³-hybridized carbons (Fsp3) is 0.538. The van der Waals surface area contributed by atoms with Crippen LogP contribution < -0.4 is 5.73 Å². The Labute approximate surface area is 117 Å². The topological polar surface area (TPSA) is 64.3 Å². The van der Waals surface area contributed by atoms with E-state index in [9.17, 15) is 0 Å². The van der Waals surface area contributed by atoms with Crippen molar-refractivity contribution in [1.82, 2.24) is 14.9 Å². The maximum absolute atomic E-state index is 5.95. The lowest BCUT2D eigenvalue weighted by Gasteiger charge is -2.19. The van der Waals surface area contributed by atoms with E-state index in [4.69, 9.17) is 10.5 Å². The van der Waals surface area contributed by atoms with E-state index in [1.807, 2.05) is 18.4 Å². The summed E-state index contributed by atoms with van der Waals surface area (Å²) in [4.78, 5) is 12.2. The smallest absolute Gasteiger partial charge is 0.146 e. The average Bonchev–Trinajstić information content (AvgIpc) is 2.86. The highest BCUT2D eigenvalue weighted by Crippen LogP contribution is 2.23. The van der Waals surface area contributed by atoms with Crippen molar-refractivity contribution in [2.75, 3.05) is 32.0 Å². The Morgan fingerprint density at radius 2 is 2.21 bits per heavy atom. The third-order valence-electron chi connectivity index (χ3n) is 2.97. The van der Waals surface area contributed by atoms with Gasteiger partial charge in [-0.1, -0.05) is 6.92 Å². The van der Waals surface area contributed by atoms with Crippen LogP contribution in [-0.4, -0.2) is 41.2 Å². The molecule has 0 spiro atoms. The molecule has 5 nitrogen and oxygen atoms in total. The molecule has 2 rings (SSSR count). The summed E-state index contributed by atoms with van der Waals surface area (Å²) in [6.45, 7) is 8.16. The molecule has 0 atom stereocenters. The number of nitrogen functional groups attached to an aromatic ring is 1. The van der Waals surface area contributed by atoms with E-state index < -0.39 is 0 Å². The maximum Gasteiger partial charge on any atom is 0.146 e. The van der Waals surface area contributed by atoms with Crippen molar-refractivity contribution in [3.8, 4) is 0 Å². The molecule has 0 aromatic carbocycles. The van der Waals surface area contributed by atoms with Crippen molar-refractivity contribution >= 4 is 27.4 Å². The number of anilines is 1. The largest absolute Gasteiger partial charge is 0.383 e. The van der Waals surface area contributed by atoms with E-state index >= 15 is 0 Å². The first-order valence-corrected chi connectivity index (χ1v) is 7.42. The summed E-state index contributed by atoms with van der Waals surface area (Å²) in [7, 11) is 0. The van der Waals surface area contributed by atoms with E-state index in [1.54, 1.807) is 11.3 Å². The normalized spacial score (nSPS) is 11.5. The quantitative estimate of drug-likeness (QED) is 0.787. The van der Waals surface area contributed by atoms with Crippen molar-refractivity contribution in [3.05, 3.63) is 17.3 Å². The summed E-state index contributed by atoms with van der Waals surface area (Å²) in [5.74, 6) is 1.35. The van der Waals surface area contributed by atoms with Crippen molar-refractivity contribution in [2.45, 2.75) is 20.4 Å². The number of fused-ring (bicyclic) bond motifs is 1. The summed E-state index contributed by atoms with van der Waals surface area (Å²) < 4.78 is 5.38. The molecule has 0 aliphatic heterocycles.